The molecule has 4 rings (SSSR count). The van der Waals surface area contributed by atoms with E-state index in [-0.39, 0.29) is 12.0 Å². The molecule has 1 fully saturated rings. The summed E-state index contributed by atoms with van der Waals surface area (Å²) in [7, 11) is 0. The largest absolute Gasteiger partial charge is 0.490 e. The second-order valence-corrected chi connectivity index (χ2v) is 7.13. The molecule has 1 aliphatic heterocycles. The molecule has 1 N–H and O–H groups in total. The number of para-hydroxylation sites is 1. The highest BCUT2D eigenvalue weighted by atomic mass is 35.5. The molecule has 4 nitrogen and oxygen atoms in total. The SMILES string of the molecule is O=C(Cc1c[nH]c2ccccc12)N1CCC(Oc2cccc(Cl)c2)CC1. The topological polar surface area (TPSA) is 45.3 Å². The molecule has 0 bridgehead atoms. The molecule has 0 radical (unpaired) electrons. The average molecular weight is 369 g/mol. The van der Waals surface area contributed by atoms with Crippen LogP contribution in [0.25, 0.3) is 10.9 Å². The Hall–Kier alpha value is -2.46. The van der Waals surface area contributed by atoms with Gasteiger partial charge in [-0.1, -0.05) is 35.9 Å². The minimum absolute atomic E-state index is 0.130. The van der Waals surface area contributed by atoms with Crippen molar-refractivity contribution in [2.24, 2.45) is 0 Å². The Labute approximate surface area is 157 Å². The van der Waals surface area contributed by atoms with Crippen molar-refractivity contribution in [1.29, 1.82) is 0 Å². The van der Waals surface area contributed by atoms with Crippen LogP contribution in [0.15, 0.2) is 54.7 Å². The summed E-state index contributed by atoms with van der Waals surface area (Å²) in [6, 6.07) is 15.5. The number of rotatable bonds is 4. The van der Waals surface area contributed by atoms with Gasteiger partial charge in [0.1, 0.15) is 11.9 Å². The molecule has 1 aliphatic rings. The van der Waals surface area contributed by atoms with Crippen LogP contribution in [0, 0.1) is 0 Å². The lowest BCUT2D eigenvalue weighted by Gasteiger charge is -2.32. The third kappa shape index (κ3) is 3.70. The minimum Gasteiger partial charge on any atom is -0.490 e. The molecular formula is C21H21ClN2O2. The monoisotopic (exact) mass is 368 g/mol. The standard InChI is InChI=1S/C21H21ClN2O2/c22-16-4-3-5-18(13-16)26-17-8-10-24(11-9-17)21(25)12-15-14-23-20-7-2-1-6-19(15)20/h1-7,13-14,17,23H,8-12H2. The number of ether oxygens (including phenoxy) is 1. The first kappa shape index (κ1) is 17.0. The predicted octanol–water partition coefficient (Wildman–Crippen LogP) is 4.43. The number of halogens is 1. The van der Waals surface area contributed by atoms with Gasteiger partial charge in [0.25, 0.3) is 0 Å². The third-order valence-corrected chi connectivity index (χ3v) is 5.15. The van der Waals surface area contributed by atoms with Crippen LogP contribution < -0.4 is 4.74 Å². The predicted molar refractivity (Wildman–Crippen MR) is 104 cm³/mol. The average Bonchev–Trinajstić information content (AvgIpc) is 3.05. The molecule has 134 valence electrons. The highest BCUT2D eigenvalue weighted by molar-refractivity contribution is 6.30. The number of aromatic amines is 1. The lowest BCUT2D eigenvalue weighted by molar-refractivity contribution is -0.132. The van der Waals surface area contributed by atoms with Crippen LogP contribution in [-0.4, -0.2) is 35.0 Å². The summed E-state index contributed by atoms with van der Waals surface area (Å²) < 4.78 is 6.00. The van der Waals surface area contributed by atoms with Crippen molar-refractivity contribution in [1.82, 2.24) is 9.88 Å². The lowest BCUT2D eigenvalue weighted by Crippen LogP contribution is -2.42. The van der Waals surface area contributed by atoms with Crippen LogP contribution in [0.4, 0.5) is 0 Å². The lowest BCUT2D eigenvalue weighted by atomic mass is 10.1. The number of H-pyrrole nitrogens is 1. The summed E-state index contributed by atoms with van der Waals surface area (Å²) >= 11 is 6.00. The van der Waals surface area contributed by atoms with Gasteiger partial charge in [-0.15, -0.1) is 0 Å². The number of likely N-dealkylation sites (tertiary alicyclic amines) is 1. The van der Waals surface area contributed by atoms with Gasteiger partial charge >= 0.3 is 0 Å². The highest BCUT2D eigenvalue weighted by Crippen LogP contribution is 2.23. The highest BCUT2D eigenvalue weighted by Gasteiger charge is 2.24. The Kier molecular flexibility index (Phi) is 4.85. The zero-order chi connectivity index (χ0) is 17.9. The Morgan fingerprint density at radius 1 is 1.15 bits per heavy atom. The summed E-state index contributed by atoms with van der Waals surface area (Å²) in [4.78, 5) is 17.9. The molecule has 0 saturated carbocycles. The zero-order valence-corrected chi connectivity index (χ0v) is 15.2. The molecule has 0 spiro atoms. The number of carbonyl (C=O) groups is 1. The number of benzene rings is 2. The number of aromatic nitrogens is 1. The Morgan fingerprint density at radius 2 is 1.96 bits per heavy atom. The van der Waals surface area contributed by atoms with Gasteiger partial charge in [-0.3, -0.25) is 4.79 Å². The van der Waals surface area contributed by atoms with Gasteiger partial charge < -0.3 is 14.6 Å². The van der Waals surface area contributed by atoms with Gasteiger partial charge in [-0.05, 0) is 29.8 Å². The van der Waals surface area contributed by atoms with Crippen LogP contribution in [0.3, 0.4) is 0 Å². The molecule has 0 atom stereocenters. The van der Waals surface area contributed by atoms with Crippen molar-refractivity contribution in [2.45, 2.75) is 25.4 Å². The van der Waals surface area contributed by atoms with Crippen LogP contribution >= 0.6 is 11.6 Å². The van der Waals surface area contributed by atoms with E-state index in [0.717, 1.165) is 48.1 Å². The summed E-state index contributed by atoms with van der Waals surface area (Å²) in [5.41, 5.74) is 2.13. The van der Waals surface area contributed by atoms with E-state index in [0.29, 0.717) is 11.4 Å². The fourth-order valence-corrected chi connectivity index (χ4v) is 3.69. The molecule has 5 heteroatoms. The third-order valence-electron chi connectivity index (χ3n) is 4.91. The van der Waals surface area contributed by atoms with Gasteiger partial charge in [0.05, 0.1) is 6.42 Å². The fourth-order valence-electron chi connectivity index (χ4n) is 3.51. The van der Waals surface area contributed by atoms with E-state index in [1.165, 1.54) is 0 Å². The zero-order valence-electron chi connectivity index (χ0n) is 14.5. The van der Waals surface area contributed by atoms with E-state index < -0.39 is 0 Å². The number of nitrogens with one attached hydrogen (secondary N) is 1. The quantitative estimate of drug-likeness (QED) is 0.740. The maximum Gasteiger partial charge on any atom is 0.227 e. The fraction of sp³-hybridized carbons (Fsp3) is 0.286. The van der Waals surface area contributed by atoms with Crippen molar-refractivity contribution in [3.63, 3.8) is 0 Å². The number of amides is 1. The van der Waals surface area contributed by atoms with E-state index in [4.69, 9.17) is 16.3 Å². The second kappa shape index (κ2) is 7.42. The molecule has 1 saturated heterocycles. The number of carbonyl (C=O) groups excluding carboxylic acids is 1. The maximum atomic E-state index is 12.7. The van der Waals surface area contributed by atoms with Gasteiger partial charge in [0, 0.05) is 48.1 Å². The van der Waals surface area contributed by atoms with E-state index in [1.807, 2.05) is 53.6 Å². The molecule has 1 amide bonds. The van der Waals surface area contributed by atoms with Gasteiger partial charge in [-0.25, -0.2) is 0 Å². The van der Waals surface area contributed by atoms with Gasteiger partial charge in [-0.2, -0.15) is 0 Å². The van der Waals surface area contributed by atoms with E-state index in [9.17, 15) is 4.79 Å². The van der Waals surface area contributed by atoms with Gasteiger partial charge in [0.15, 0.2) is 0 Å². The van der Waals surface area contributed by atoms with E-state index >= 15 is 0 Å². The smallest absolute Gasteiger partial charge is 0.227 e. The minimum atomic E-state index is 0.130. The summed E-state index contributed by atoms with van der Waals surface area (Å²) in [6.45, 7) is 1.46. The summed E-state index contributed by atoms with van der Waals surface area (Å²) in [5.74, 6) is 0.969. The molecule has 1 aromatic heterocycles. The van der Waals surface area contributed by atoms with Crippen molar-refractivity contribution in [3.05, 3.63) is 65.3 Å². The number of hydrogen-bond donors (Lipinski definition) is 1. The van der Waals surface area contributed by atoms with Crippen molar-refractivity contribution in [3.8, 4) is 5.75 Å². The van der Waals surface area contributed by atoms with Crippen molar-refractivity contribution >= 4 is 28.4 Å². The molecule has 0 aliphatic carbocycles. The molecule has 2 heterocycles. The first-order chi connectivity index (χ1) is 12.7. The van der Waals surface area contributed by atoms with Crippen LogP contribution in [-0.2, 0) is 11.2 Å². The van der Waals surface area contributed by atoms with Gasteiger partial charge in [0.2, 0.25) is 5.91 Å². The van der Waals surface area contributed by atoms with Crippen molar-refractivity contribution in [2.75, 3.05) is 13.1 Å². The van der Waals surface area contributed by atoms with Crippen LogP contribution in [0.5, 0.6) is 5.75 Å². The Bertz CT molecular complexity index is 913. The Morgan fingerprint density at radius 3 is 2.77 bits per heavy atom. The van der Waals surface area contributed by atoms with Crippen LogP contribution in [0.1, 0.15) is 18.4 Å². The number of hydrogen-bond acceptors (Lipinski definition) is 2. The molecule has 26 heavy (non-hydrogen) atoms. The Balaban J connectivity index is 1.33. The van der Waals surface area contributed by atoms with Crippen LogP contribution in [0.2, 0.25) is 5.02 Å². The molecular weight excluding hydrogens is 348 g/mol. The second-order valence-electron chi connectivity index (χ2n) is 6.69. The maximum absolute atomic E-state index is 12.7. The molecule has 0 unspecified atom stereocenters. The first-order valence-corrected chi connectivity index (χ1v) is 9.32. The molecule has 3 aromatic rings. The van der Waals surface area contributed by atoms with Crippen molar-refractivity contribution < 1.29 is 9.53 Å². The number of piperidine rings is 1. The van der Waals surface area contributed by atoms with E-state index in [2.05, 4.69) is 11.1 Å². The summed E-state index contributed by atoms with van der Waals surface area (Å²) in [6.07, 6.45) is 4.19. The first-order valence-electron chi connectivity index (χ1n) is 8.94. The van der Waals surface area contributed by atoms with E-state index in [1.54, 1.807) is 0 Å². The molecule has 2 aromatic carbocycles. The normalized spacial score (nSPS) is 15.3. The number of nitrogens with zero attached hydrogens (tertiary/aromatic N) is 1. The number of fused-ring (bicyclic) bond motifs is 1. The summed E-state index contributed by atoms with van der Waals surface area (Å²) in [5, 5.41) is 1.80.